The Morgan fingerprint density at radius 2 is 1.46 bits per heavy atom. The van der Waals surface area contributed by atoms with Crippen molar-refractivity contribution in [1.82, 2.24) is 10.4 Å². The number of halogens is 1. The lowest BCUT2D eigenvalue weighted by Crippen LogP contribution is -2.41. The molecule has 0 saturated carbocycles. The summed E-state index contributed by atoms with van der Waals surface area (Å²) in [5.41, 5.74) is 4.24. The van der Waals surface area contributed by atoms with E-state index in [9.17, 15) is 0 Å². The summed E-state index contributed by atoms with van der Waals surface area (Å²) in [6, 6.07) is 0. The van der Waals surface area contributed by atoms with Gasteiger partial charge in [0.15, 0.2) is 6.17 Å². The number of hydrogen-bond donors (Lipinski definition) is 1. The Morgan fingerprint density at radius 1 is 0.923 bits per heavy atom. The highest BCUT2D eigenvalue weighted by atomic mass is 35.5. The average Bonchev–Trinajstić information content (AvgIpc) is 3.13. The topological polar surface area (TPSA) is 40.0 Å². The van der Waals surface area contributed by atoms with E-state index in [0.717, 1.165) is 18.0 Å². The molecule has 0 radical (unpaired) electrons. The van der Waals surface area contributed by atoms with Crippen molar-refractivity contribution in [2.24, 2.45) is 15.6 Å². The van der Waals surface area contributed by atoms with E-state index >= 15 is 0 Å². The van der Waals surface area contributed by atoms with Crippen molar-refractivity contribution in [2.75, 3.05) is 0 Å². The lowest BCUT2D eigenvalue weighted by atomic mass is 9.88. The minimum atomic E-state index is -0.103. The van der Waals surface area contributed by atoms with E-state index in [0.29, 0.717) is 0 Å². The van der Waals surface area contributed by atoms with Gasteiger partial charge in [-0.05, 0) is 6.42 Å². The molecule has 0 aromatic carbocycles. The van der Waals surface area contributed by atoms with Crippen LogP contribution in [-0.2, 0) is 0 Å². The molecule has 1 N–H and O–H groups in total. The first-order valence-electron chi connectivity index (χ1n) is 10.8. The maximum atomic E-state index is 6.59. The van der Waals surface area contributed by atoms with Crippen LogP contribution in [-0.4, -0.2) is 28.1 Å². The van der Waals surface area contributed by atoms with E-state index in [4.69, 9.17) is 16.7 Å². The molecule has 2 atom stereocenters. The Hall–Kier alpha value is -0.770. The third kappa shape index (κ3) is 6.14. The molecule has 2 rings (SSSR count). The maximum Gasteiger partial charge on any atom is 0.159 e. The summed E-state index contributed by atoms with van der Waals surface area (Å²) in [6.07, 6.45) is 16.0. The van der Waals surface area contributed by atoms with Crippen LogP contribution in [0.15, 0.2) is 10.2 Å². The zero-order valence-electron chi connectivity index (χ0n) is 17.4. The van der Waals surface area contributed by atoms with Crippen LogP contribution in [0.5, 0.6) is 0 Å². The summed E-state index contributed by atoms with van der Waals surface area (Å²) in [4.78, 5) is 0. The molecule has 26 heavy (non-hydrogen) atoms. The van der Waals surface area contributed by atoms with E-state index in [-0.39, 0.29) is 17.0 Å². The number of unbranched alkanes of at least 4 members (excludes halogenated alkanes) is 10. The van der Waals surface area contributed by atoms with Crippen LogP contribution in [0, 0.1) is 5.41 Å². The molecule has 150 valence electrons. The summed E-state index contributed by atoms with van der Waals surface area (Å²) < 4.78 is 0. The van der Waals surface area contributed by atoms with Crippen LogP contribution < -0.4 is 5.43 Å². The normalized spacial score (nSPS) is 22.3. The van der Waals surface area contributed by atoms with E-state index in [1.54, 1.807) is 0 Å². The van der Waals surface area contributed by atoms with E-state index in [2.05, 4.69) is 38.2 Å². The molecule has 0 spiro atoms. The van der Waals surface area contributed by atoms with Crippen molar-refractivity contribution in [2.45, 2.75) is 116 Å². The van der Waals surface area contributed by atoms with Crippen LogP contribution in [0.1, 0.15) is 105 Å². The Bertz CT molecular complexity index is 481. The van der Waals surface area contributed by atoms with Gasteiger partial charge in [-0.15, -0.1) is 11.6 Å². The van der Waals surface area contributed by atoms with Crippen molar-refractivity contribution < 1.29 is 0 Å². The third-order valence-corrected chi connectivity index (χ3v) is 5.83. The van der Waals surface area contributed by atoms with Crippen LogP contribution >= 0.6 is 11.6 Å². The molecule has 0 amide bonds. The zero-order chi connectivity index (χ0) is 19.0. The molecule has 2 aliphatic heterocycles. The van der Waals surface area contributed by atoms with Crippen molar-refractivity contribution in [3.05, 3.63) is 0 Å². The Morgan fingerprint density at radius 3 is 2.00 bits per heavy atom. The van der Waals surface area contributed by atoms with E-state index in [1.807, 2.05) is 5.01 Å². The Labute approximate surface area is 165 Å². The number of amidine groups is 1. The largest absolute Gasteiger partial charge is 0.282 e. The minimum Gasteiger partial charge on any atom is -0.282 e. The first kappa shape index (κ1) is 21.5. The summed E-state index contributed by atoms with van der Waals surface area (Å²) in [6.45, 7) is 8.79. The van der Waals surface area contributed by atoms with Crippen LogP contribution in [0.4, 0.5) is 0 Å². The SMILES string of the molecule is CCCCCCCCCCCCCC1=NNC2C(Cl)C(C(C)(C)C)=NN12. The predicted molar refractivity (Wildman–Crippen MR) is 114 cm³/mol. The van der Waals surface area contributed by atoms with Gasteiger partial charge in [-0.25, -0.2) is 5.01 Å². The van der Waals surface area contributed by atoms with Crippen LogP contribution in [0.25, 0.3) is 0 Å². The predicted octanol–water partition coefficient (Wildman–Crippen LogP) is 6.26. The fraction of sp³-hybridized carbons (Fsp3) is 0.905. The first-order valence-corrected chi connectivity index (χ1v) is 11.2. The molecular weight excluding hydrogens is 344 g/mol. The summed E-state index contributed by atoms with van der Waals surface area (Å²) in [7, 11) is 0. The molecule has 0 aliphatic carbocycles. The molecule has 0 aromatic rings. The number of nitrogens with one attached hydrogen (secondary N) is 1. The quantitative estimate of drug-likeness (QED) is 0.320. The molecule has 2 heterocycles. The molecule has 0 aromatic heterocycles. The molecule has 5 heteroatoms. The maximum absolute atomic E-state index is 6.59. The molecule has 0 bridgehead atoms. The summed E-state index contributed by atoms with van der Waals surface area (Å²) in [5.74, 6) is 1.05. The summed E-state index contributed by atoms with van der Waals surface area (Å²) in [5, 5.41) is 11.2. The number of hydrogen-bond acceptors (Lipinski definition) is 4. The van der Waals surface area contributed by atoms with Crippen molar-refractivity contribution in [3.63, 3.8) is 0 Å². The third-order valence-electron chi connectivity index (χ3n) is 5.38. The second-order valence-electron chi connectivity index (χ2n) is 8.87. The van der Waals surface area contributed by atoms with E-state index in [1.165, 1.54) is 70.6 Å². The number of nitrogens with zero attached hydrogens (tertiary/aromatic N) is 3. The lowest BCUT2D eigenvalue weighted by molar-refractivity contribution is 0.347. The second-order valence-corrected chi connectivity index (χ2v) is 9.34. The Balaban J connectivity index is 1.56. The first-order chi connectivity index (χ1) is 12.4. The highest BCUT2D eigenvalue weighted by Gasteiger charge is 2.44. The highest BCUT2D eigenvalue weighted by molar-refractivity contribution is 6.34. The van der Waals surface area contributed by atoms with Crippen molar-refractivity contribution >= 4 is 23.1 Å². The monoisotopic (exact) mass is 382 g/mol. The second kappa shape index (κ2) is 10.5. The van der Waals surface area contributed by atoms with Gasteiger partial charge in [0.05, 0.1) is 5.71 Å². The van der Waals surface area contributed by atoms with Gasteiger partial charge in [0, 0.05) is 11.8 Å². The number of rotatable bonds is 12. The highest BCUT2D eigenvalue weighted by Crippen LogP contribution is 2.32. The van der Waals surface area contributed by atoms with Gasteiger partial charge in [-0.1, -0.05) is 91.9 Å². The van der Waals surface area contributed by atoms with Gasteiger partial charge in [-0.2, -0.15) is 10.2 Å². The van der Waals surface area contributed by atoms with Gasteiger partial charge >= 0.3 is 0 Å². The van der Waals surface area contributed by atoms with Crippen molar-refractivity contribution in [3.8, 4) is 0 Å². The van der Waals surface area contributed by atoms with Gasteiger partial charge < -0.3 is 0 Å². The lowest BCUT2D eigenvalue weighted by Gasteiger charge is -2.21. The molecule has 4 nitrogen and oxygen atoms in total. The molecule has 2 aliphatic rings. The fourth-order valence-corrected chi connectivity index (χ4v) is 4.25. The number of hydrazone groups is 2. The van der Waals surface area contributed by atoms with Crippen molar-refractivity contribution in [1.29, 1.82) is 0 Å². The molecule has 2 unspecified atom stereocenters. The zero-order valence-corrected chi connectivity index (χ0v) is 18.1. The molecular formula is C21H39ClN4. The van der Waals surface area contributed by atoms with Gasteiger partial charge in [0.25, 0.3) is 0 Å². The van der Waals surface area contributed by atoms with Gasteiger partial charge in [-0.3, -0.25) is 5.43 Å². The van der Waals surface area contributed by atoms with Crippen LogP contribution in [0.3, 0.4) is 0 Å². The smallest absolute Gasteiger partial charge is 0.159 e. The van der Waals surface area contributed by atoms with E-state index < -0.39 is 0 Å². The average molecular weight is 383 g/mol. The number of fused-ring (bicyclic) bond motifs is 1. The molecule has 0 saturated heterocycles. The fourth-order valence-electron chi connectivity index (χ4n) is 3.72. The minimum absolute atomic E-state index is 0.0000854. The standard InChI is InChI=1S/C21H39ClN4/c1-5-6-7-8-9-10-11-12-13-14-15-16-17-23-24-20-18(22)19(21(2,3)4)25-26(17)20/h18,20,24H,5-16H2,1-4H3. The molecule has 0 fully saturated rings. The van der Waals surface area contributed by atoms with Gasteiger partial charge in [0.1, 0.15) is 11.2 Å². The summed E-state index contributed by atoms with van der Waals surface area (Å²) >= 11 is 6.59. The van der Waals surface area contributed by atoms with Gasteiger partial charge in [0.2, 0.25) is 0 Å². The Kier molecular flexibility index (Phi) is 8.72. The number of alkyl halides is 1. The van der Waals surface area contributed by atoms with Crippen LogP contribution in [0.2, 0.25) is 0 Å².